The Kier molecular flexibility index (Phi) is 10.1. The van der Waals surface area contributed by atoms with E-state index < -0.39 is 0 Å². The summed E-state index contributed by atoms with van der Waals surface area (Å²) in [4.78, 5) is 0. The van der Waals surface area contributed by atoms with Gasteiger partial charge in [-0.2, -0.15) is 0 Å². The van der Waals surface area contributed by atoms with E-state index in [1.54, 1.807) is 12.1 Å². The molecule has 4 N–H and O–H groups in total. The molecule has 6 rings (SSSR count). The fraction of sp³-hybridized carbons (Fsp3) is 0.333. The molecule has 0 unspecified atom stereocenters. The molecule has 49 heavy (non-hydrogen) atoms. The van der Waals surface area contributed by atoms with E-state index in [2.05, 4.69) is 69.3 Å². The Balaban J connectivity index is 1.39. The zero-order valence-corrected chi connectivity index (χ0v) is 29.7. The van der Waals surface area contributed by atoms with Gasteiger partial charge in [0, 0.05) is 36.8 Å². The van der Waals surface area contributed by atoms with E-state index in [1.165, 1.54) is 30.4 Å². The van der Waals surface area contributed by atoms with E-state index in [0.717, 1.165) is 79.6 Å². The highest BCUT2D eigenvalue weighted by Gasteiger charge is 2.22. The van der Waals surface area contributed by atoms with Crippen LogP contribution in [-0.4, -0.2) is 20.4 Å². The summed E-state index contributed by atoms with van der Waals surface area (Å²) in [6.07, 6.45) is 8.39. The van der Waals surface area contributed by atoms with Crippen molar-refractivity contribution in [1.82, 2.24) is 0 Å². The molecular formula is C45H50O4. The molecular weight excluding hydrogens is 604 g/mol. The fourth-order valence-electron chi connectivity index (χ4n) is 7.76. The Morgan fingerprint density at radius 1 is 0.490 bits per heavy atom. The van der Waals surface area contributed by atoms with Crippen molar-refractivity contribution in [3.05, 3.63) is 151 Å². The first-order valence-electron chi connectivity index (χ1n) is 17.8. The van der Waals surface area contributed by atoms with Gasteiger partial charge in [-0.05, 0) is 127 Å². The van der Waals surface area contributed by atoms with Crippen molar-refractivity contribution in [2.45, 2.75) is 98.3 Å². The zero-order chi connectivity index (χ0) is 34.8. The van der Waals surface area contributed by atoms with E-state index in [1.807, 2.05) is 26.0 Å². The molecule has 1 fully saturated rings. The molecule has 4 nitrogen and oxygen atoms in total. The summed E-state index contributed by atoms with van der Waals surface area (Å²) in [5.74, 6) is 1.67. The Labute approximate surface area is 291 Å². The van der Waals surface area contributed by atoms with Gasteiger partial charge in [0.25, 0.3) is 0 Å². The van der Waals surface area contributed by atoms with E-state index in [-0.39, 0.29) is 5.75 Å². The van der Waals surface area contributed by atoms with Crippen LogP contribution in [-0.2, 0) is 25.7 Å². The maximum atomic E-state index is 12.0. The van der Waals surface area contributed by atoms with E-state index in [9.17, 15) is 20.4 Å². The second kappa shape index (κ2) is 14.4. The van der Waals surface area contributed by atoms with Gasteiger partial charge >= 0.3 is 0 Å². The number of hydrogen-bond acceptors (Lipinski definition) is 4. The number of rotatable bonds is 9. The van der Waals surface area contributed by atoms with Gasteiger partial charge in [-0.15, -0.1) is 0 Å². The number of aryl methyl sites for hydroxylation is 3. The van der Waals surface area contributed by atoms with Crippen molar-refractivity contribution in [2.24, 2.45) is 0 Å². The van der Waals surface area contributed by atoms with Crippen molar-refractivity contribution >= 4 is 0 Å². The minimum absolute atomic E-state index is 0.221. The second-order valence-electron chi connectivity index (χ2n) is 14.5. The molecule has 0 atom stereocenters. The summed E-state index contributed by atoms with van der Waals surface area (Å²) in [7, 11) is 0. The van der Waals surface area contributed by atoms with Crippen LogP contribution in [0, 0.1) is 34.6 Å². The van der Waals surface area contributed by atoms with Crippen LogP contribution >= 0.6 is 0 Å². The van der Waals surface area contributed by atoms with E-state index in [4.69, 9.17) is 0 Å². The smallest absolute Gasteiger partial charge is 0.122 e. The van der Waals surface area contributed by atoms with Crippen LogP contribution in [0.4, 0.5) is 0 Å². The lowest BCUT2D eigenvalue weighted by atomic mass is 9.81. The average Bonchev–Trinajstić information content (AvgIpc) is 3.10. The van der Waals surface area contributed by atoms with Gasteiger partial charge < -0.3 is 20.4 Å². The number of phenolic OH excluding ortho intramolecular Hbond substituents is 4. The summed E-state index contributed by atoms with van der Waals surface area (Å²) in [6.45, 7) is 10.1. The van der Waals surface area contributed by atoms with Crippen molar-refractivity contribution in [3.63, 3.8) is 0 Å². The molecule has 1 saturated carbocycles. The van der Waals surface area contributed by atoms with Crippen molar-refractivity contribution in [2.75, 3.05) is 0 Å². The van der Waals surface area contributed by atoms with Crippen molar-refractivity contribution in [1.29, 1.82) is 0 Å². The lowest BCUT2D eigenvalue weighted by Crippen LogP contribution is -2.08. The van der Waals surface area contributed by atoms with Crippen LogP contribution in [0.3, 0.4) is 0 Å². The molecule has 0 spiro atoms. The van der Waals surface area contributed by atoms with Crippen LogP contribution in [0.25, 0.3) is 0 Å². The molecule has 1 aliphatic carbocycles. The summed E-state index contributed by atoms with van der Waals surface area (Å²) in [6, 6.07) is 24.2. The molecule has 0 heterocycles. The first kappa shape index (κ1) is 34.2. The van der Waals surface area contributed by atoms with Crippen LogP contribution in [0.5, 0.6) is 23.0 Å². The van der Waals surface area contributed by atoms with Gasteiger partial charge in [-0.1, -0.05) is 85.5 Å². The maximum absolute atomic E-state index is 12.0. The highest BCUT2D eigenvalue weighted by atomic mass is 16.3. The van der Waals surface area contributed by atoms with Gasteiger partial charge in [-0.25, -0.2) is 0 Å². The standard InChI is InChI=1S/C45H50O4/c1-27-11-13-32(14-12-27)21-41-30(4)35(19-28(2)43(41)47)23-38-25-37(34-9-7-6-8-10-34)26-39(45(38)49)24-36-20-29(3)44(48)42(31(36)5)22-33-15-17-40(46)18-16-33/h11-20,25-26,34,46-49H,6-10,21-24H2,1-5H3. The third kappa shape index (κ3) is 7.49. The lowest BCUT2D eigenvalue weighted by Gasteiger charge is -2.25. The minimum atomic E-state index is 0.221. The zero-order valence-electron chi connectivity index (χ0n) is 29.7. The van der Waals surface area contributed by atoms with Crippen LogP contribution in [0.1, 0.15) is 116 Å². The van der Waals surface area contributed by atoms with E-state index in [0.29, 0.717) is 48.8 Å². The SMILES string of the molecule is Cc1ccc(Cc2c(C)c(Cc3cc(C4CCCCC4)cc(Cc4cc(C)c(O)c(Cc5ccc(O)cc5)c4C)c3O)cc(C)c2O)cc1. The highest BCUT2D eigenvalue weighted by molar-refractivity contribution is 5.57. The quantitative estimate of drug-likeness (QED) is 0.128. The van der Waals surface area contributed by atoms with Gasteiger partial charge in [0.15, 0.2) is 0 Å². The number of phenols is 4. The first-order valence-corrected chi connectivity index (χ1v) is 17.8. The topological polar surface area (TPSA) is 80.9 Å². The number of hydrogen-bond donors (Lipinski definition) is 4. The summed E-state index contributed by atoms with van der Waals surface area (Å²) >= 11 is 0. The molecule has 0 aromatic heterocycles. The predicted molar refractivity (Wildman–Crippen MR) is 200 cm³/mol. The monoisotopic (exact) mass is 654 g/mol. The molecule has 0 amide bonds. The summed E-state index contributed by atoms with van der Waals surface area (Å²) < 4.78 is 0. The average molecular weight is 655 g/mol. The normalized spacial score (nSPS) is 13.6. The molecule has 5 aromatic rings. The number of aromatic hydroxyl groups is 4. The molecule has 0 radical (unpaired) electrons. The summed E-state index contributed by atoms with van der Waals surface area (Å²) in [5.41, 5.74) is 14.3. The Hall–Kier alpha value is -4.70. The fourth-order valence-corrected chi connectivity index (χ4v) is 7.76. The van der Waals surface area contributed by atoms with Crippen molar-refractivity contribution < 1.29 is 20.4 Å². The second-order valence-corrected chi connectivity index (χ2v) is 14.5. The first-order chi connectivity index (χ1) is 23.5. The number of benzene rings is 5. The van der Waals surface area contributed by atoms with Crippen LogP contribution < -0.4 is 0 Å². The Morgan fingerprint density at radius 3 is 1.41 bits per heavy atom. The van der Waals surface area contributed by atoms with Gasteiger partial charge in [-0.3, -0.25) is 0 Å². The minimum Gasteiger partial charge on any atom is -0.508 e. The molecule has 254 valence electrons. The lowest BCUT2D eigenvalue weighted by molar-refractivity contribution is 0.439. The third-order valence-electron chi connectivity index (χ3n) is 10.9. The van der Waals surface area contributed by atoms with Crippen molar-refractivity contribution in [3.8, 4) is 23.0 Å². The van der Waals surface area contributed by atoms with Gasteiger partial charge in [0.05, 0.1) is 0 Å². The molecule has 0 aliphatic heterocycles. The largest absolute Gasteiger partial charge is 0.508 e. The third-order valence-corrected chi connectivity index (χ3v) is 10.9. The molecule has 0 bridgehead atoms. The summed E-state index contributed by atoms with van der Waals surface area (Å²) in [5, 5.41) is 44.1. The molecule has 0 saturated heterocycles. The molecule has 4 heteroatoms. The Morgan fingerprint density at radius 2 is 0.939 bits per heavy atom. The predicted octanol–water partition coefficient (Wildman–Crippen LogP) is 10.5. The van der Waals surface area contributed by atoms with E-state index >= 15 is 0 Å². The van der Waals surface area contributed by atoms with Gasteiger partial charge in [0.2, 0.25) is 0 Å². The van der Waals surface area contributed by atoms with Crippen LogP contribution in [0.15, 0.2) is 72.8 Å². The molecule has 1 aliphatic rings. The van der Waals surface area contributed by atoms with Crippen LogP contribution in [0.2, 0.25) is 0 Å². The molecule has 5 aromatic carbocycles. The highest BCUT2D eigenvalue weighted by Crippen LogP contribution is 2.40. The maximum Gasteiger partial charge on any atom is 0.122 e. The van der Waals surface area contributed by atoms with Gasteiger partial charge in [0.1, 0.15) is 23.0 Å². The Bertz CT molecular complexity index is 1830.